The quantitative estimate of drug-likeness (QED) is 0.925. The molecule has 1 aromatic carbocycles. The summed E-state index contributed by atoms with van der Waals surface area (Å²) >= 11 is 0. The maximum atomic E-state index is 12.8. The van der Waals surface area contributed by atoms with Gasteiger partial charge in [0.2, 0.25) is 0 Å². The van der Waals surface area contributed by atoms with Crippen molar-refractivity contribution in [2.24, 2.45) is 10.7 Å². The number of amides is 1. The van der Waals surface area contributed by atoms with Gasteiger partial charge in [-0.2, -0.15) is 0 Å². The Kier molecular flexibility index (Phi) is 3.78. The average molecular weight is 283 g/mol. The maximum Gasteiger partial charge on any atom is 0.260 e. The summed E-state index contributed by atoms with van der Waals surface area (Å²) in [5, 5.41) is 0. The minimum absolute atomic E-state index is 0.0463. The van der Waals surface area contributed by atoms with E-state index < -0.39 is 5.41 Å². The molecule has 110 valence electrons. The number of allylic oxidation sites excluding steroid dienone is 1. The van der Waals surface area contributed by atoms with Crippen LogP contribution in [-0.2, 0) is 10.2 Å². The summed E-state index contributed by atoms with van der Waals surface area (Å²) in [5.74, 6) is -0.0463. The normalized spacial score (nSPS) is 28.9. The van der Waals surface area contributed by atoms with Gasteiger partial charge in [-0.1, -0.05) is 36.4 Å². The van der Waals surface area contributed by atoms with E-state index in [2.05, 4.69) is 9.89 Å². The highest BCUT2D eigenvalue weighted by Gasteiger charge is 2.50. The van der Waals surface area contributed by atoms with Crippen LogP contribution in [0.5, 0.6) is 0 Å². The van der Waals surface area contributed by atoms with Crippen LogP contribution in [0.1, 0.15) is 31.2 Å². The van der Waals surface area contributed by atoms with Crippen LogP contribution in [0.15, 0.2) is 47.6 Å². The Morgan fingerprint density at radius 1 is 1.33 bits per heavy atom. The summed E-state index contributed by atoms with van der Waals surface area (Å²) in [7, 11) is 0. The van der Waals surface area contributed by atoms with Gasteiger partial charge in [-0.25, -0.2) is 4.99 Å². The van der Waals surface area contributed by atoms with Gasteiger partial charge in [-0.15, -0.1) is 0 Å². The van der Waals surface area contributed by atoms with Crippen molar-refractivity contribution < 1.29 is 4.79 Å². The van der Waals surface area contributed by atoms with Crippen LogP contribution in [-0.4, -0.2) is 29.7 Å². The molecule has 2 aliphatic rings. The smallest absolute Gasteiger partial charge is 0.260 e. The number of aliphatic imine (C=N–C) groups is 1. The number of carbonyl (C=O) groups is 1. The monoisotopic (exact) mass is 283 g/mol. The van der Waals surface area contributed by atoms with Crippen LogP contribution < -0.4 is 5.73 Å². The van der Waals surface area contributed by atoms with E-state index in [9.17, 15) is 4.79 Å². The Balaban J connectivity index is 2.12. The molecule has 0 aliphatic carbocycles. The molecular formula is C17H21N3O. The molecule has 2 N–H and O–H groups in total. The number of hydrogen-bond acceptors (Lipinski definition) is 3. The topological polar surface area (TPSA) is 58.7 Å². The zero-order valence-corrected chi connectivity index (χ0v) is 12.1. The lowest BCUT2D eigenvalue weighted by Gasteiger charge is -2.48. The third kappa shape index (κ3) is 2.24. The number of piperidine rings is 1. The zero-order valence-electron chi connectivity index (χ0n) is 12.1. The second kappa shape index (κ2) is 5.72. The standard InChI is InChI=1S/C17H21N3O/c18-11-6-10-17(14-7-2-1-3-8-14)15-9-4-5-12-20(15)13-19-16(17)21/h1-3,6-8,11,13,15H,4-5,9-10,12,18H2. The van der Waals surface area contributed by atoms with E-state index in [0.29, 0.717) is 6.42 Å². The lowest BCUT2D eigenvalue weighted by Crippen LogP contribution is -2.58. The molecule has 0 aromatic heterocycles. The summed E-state index contributed by atoms with van der Waals surface area (Å²) in [6.45, 7) is 0.975. The first-order valence-electron chi connectivity index (χ1n) is 7.55. The number of rotatable bonds is 3. The molecule has 0 radical (unpaired) electrons. The van der Waals surface area contributed by atoms with E-state index in [-0.39, 0.29) is 11.9 Å². The molecule has 2 aliphatic heterocycles. The van der Waals surface area contributed by atoms with Crippen LogP contribution in [0.25, 0.3) is 0 Å². The van der Waals surface area contributed by atoms with Gasteiger partial charge in [0.25, 0.3) is 5.91 Å². The molecule has 3 rings (SSSR count). The summed E-state index contributed by atoms with van der Waals surface area (Å²) in [4.78, 5) is 19.2. The molecule has 1 aromatic rings. The number of fused-ring (bicyclic) bond motifs is 1. The number of nitrogens with zero attached hydrogens (tertiary/aromatic N) is 2. The number of benzene rings is 1. The van der Waals surface area contributed by atoms with Crippen LogP contribution in [0.2, 0.25) is 0 Å². The number of nitrogens with two attached hydrogens (primary N) is 1. The van der Waals surface area contributed by atoms with Gasteiger partial charge in [-0.05, 0) is 37.4 Å². The number of hydrogen-bond donors (Lipinski definition) is 1. The second-order valence-electron chi connectivity index (χ2n) is 5.77. The van der Waals surface area contributed by atoms with E-state index in [1.807, 2.05) is 36.4 Å². The third-order valence-corrected chi connectivity index (χ3v) is 4.68. The van der Waals surface area contributed by atoms with E-state index in [0.717, 1.165) is 31.4 Å². The van der Waals surface area contributed by atoms with Gasteiger partial charge in [0.15, 0.2) is 0 Å². The molecule has 1 amide bonds. The van der Waals surface area contributed by atoms with Crippen molar-refractivity contribution in [2.45, 2.75) is 37.1 Å². The highest BCUT2D eigenvalue weighted by Crippen LogP contribution is 2.41. The Hall–Kier alpha value is -2.10. The molecular weight excluding hydrogens is 262 g/mol. The minimum Gasteiger partial charge on any atom is -0.405 e. The van der Waals surface area contributed by atoms with E-state index in [4.69, 9.17) is 5.73 Å². The fourth-order valence-electron chi connectivity index (χ4n) is 3.65. The van der Waals surface area contributed by atoms with Gasteiger partial charge < -0.3 is 10.6 Å². The van der Waals surface area contributed by atoms with Crippen molar-refractivity contribution in [2.75, 3.05) is 6.54 Å². The molecule has 2 heterocycles. The first-order chi connectivity index (χ1) is 10.3. The summed E-state index contributed by atoms with van der Waals surface area (Å²) in [6, 6.07) is 10.2. The molecule has 0 spiro atoms. The molecule has 2 atom stereocenters. The van der Waals surface area contributed by atoms with Crippen molar-refractivity contribution in [3.63, 3.8) is 0 Å². The highest BCUT2D eigenvalue weighted by molar-refractivity contribution is 5.97. The SMILES string of the molecule is NC=CCC1(c2ccccc2)C(=O)N=CN2CCCCC21. The van der Waals surface area contributed by atoms with Crippen molar-refractivity contribution >= 4 is 12.2 Å². The fraction of sp³-hybridized carbons (Fsp3) is 0.412. The van der Waals surface area contributed by atoms with Crippen molar-refractivity contribution in [3.8, 4) is 0 Å². The first-order valence-corrected chi connectivity index (χ1v) is 7.55. The molecule has 4 heteroatoms. The van der Waals surface area contributed by atoms with Gasteiger partial charge in [0, 0.05) is 12.6 Å². The lowest BCUT2D eigenvalue weighted by atomic mass is 9.67. The van der Waals surface area contributed by atoms with Crippen LogP contribution in [0.3, 0.4) is 0 Å². The summed E-state index contributed by atoms with van der Waals surface area (Å²) in [6.07, 6.45) is 9.09. The molecule has 0 bridgehead atoms. The van der Waals surface area contributed by atoms with E-state index >= 15 is 0 Å². The average Bonchev–Trinajstić information content (AvgIpc) is 2.55. The maximum absolute atomic E-state index is 12.8. The van der Waals surface area contributed by atoms with Crippen molar-refractivity contribution in [1.82, 2.24) is 4.90 Å². The Bertz CT molecular complexity index is 567. The zero-order chi connectivity index (χ0) is 14.7. The van der Waals surface area contributed by atoms with Gasteiger partial charge in [0.1, 0.15) is 5.41 Å². The summed E-state index contributed by atoms with van der Waals surface area (Å²) in [5.41, 5.74) is 5.99. The first kappa shape index (κ1) is 13.9. The summed E-state index contributed by atoms with van der Waals surface area (Å²) < 4.78 is 0. The third-order valence-electron chi connectivity index (χ3n) is 4.68. The molecule has 1 fully saturated rings. The Morgan fingerprint density at radius 2 is 2.14 bits per heavy atom. The van der Waals surface area contributed by atoms with Crippen molar-refractivity contribution in [1.29, 1.82) is 0 Å². The van der Waals surface area contributed by atoms with E-state index in [1.165, 1.54) is 6.20 Å². The van der Waals surface area contributed by atoms with Crippen molar-refractivity contribution in [3.05, 3.63) is 48.2 Å². The highest BCUT2D eigenvalue weighted by atomic mass is 16.2. The molecule has 21 heavy (non-hydrogen) atoms. The van der Waals surface area contributed by atoms with Crippen LogP contribution in [0.4, 0.5) is 0 Å². The predicted molar refractivity (Wildman–Crippen MR) is 83.9 cm³/mol. The van der Waals surface area contributed by atoms with Gasteiger partial charge in [-0.3, -0.25) is 4.79 Å². The molecule has 0 saturated carbocycles. The lowest BCUT2D eigenvalue weighted by molar-refractivity contribution is -0.127. The Labute approximate surface area is 125 Å². The Morgan fingerprint density at radius 3 is 2.90 bits per heavy atom. The van der Waals surface area contributed by atoms with Crippen LogP contribution >= 0.6 is 0 Å². The minimum atomic E-state index is -0.605. The van der Waals surface area contributed by atoms with Crippen LogP contribution in [0, 0.1) is 0 Å². The molecule has 4 nitrogen and oxygen atoms in total. The second-order valence-corrected chi connectivity index (χ2v) is 5.77. The fourth-order valence-corrected chi connectivity index (χ4v) is 3.65. The predicted octanol–water partition coefficient (Wildman–Crippen LogP) is 2.21. The van der Waals surface area contributed by atoms with Gasteiger partial charge in [0.05, 0.1) is 6.34 Å². The van der Waals surface area contributed by atoms with E-state index in [1.54, 1.807) is 6.34 Å². The molecule has 1 saturated heterocycles. The largest absolute Gasteiger partial charge is 0.405 e. The number of carbonyl (C=O) groups excluding carboxylic acids is 1. The van der Waals surface area contributed by atoms with Gasteiger partial charge >= 0.3 is 0 Å². The molecule has 2 unspecified atom stereocenters.